The summed E-state index contributed by atoms with van der Waals surface area (Å²) in [6, 6.07) is 4.27. The third-order valence-electron chi connectivity index (χ3n) is 5.01. The summed E-state index contributed by atoms with van der Waals surface area (Å²) in [5, 5.41) is 3.27. The number of nitrogens with one attached hydrogen (secondary N) is 1. The summed E-state index contributed by atoms with van der Waals surface area (Å²) < 4.78 is 25.4. The fourth-order valence-corrected chi connectivity index (χ4v) is 2.55. The van der Waals surface area contributed by atoms with E-state index in [0.717, 1.165) is 13.1 Å². The zero-order valence-corrected chi connectivity index (χ0v) is 15.8. The van der Waals surface area contributed by atoms with Crippen LogP contribution in [0.25, 0.3) is 0 Å². The minimum Gasteiger partial charge on any atom is -0.399 e. The van der Waals surface area contributed by atoms with E-state index in [9.17, 15) is 9.18 Å². The van der Waals surface area contributed by atoms with Crippen molar-refractivity contribution in [3.8, 4) is 0 Å². The molecule has 2 aliphatic rings. The number of rotatable bonds is 2. The Morgan fingerprint density at radius 3 is 2.12 bits per heavy atom. The lowest BCUT2D eigenvalue weighted by Gasteiger charge is -2.32. The summed E-state index contributed by atoms with van der Waals surface area (Å²) in [4.78, 5) is 12.9. The number of piperazine rings is 1. The van der Waals surface area contributed by atoms with Crippen LogP contribution in [0.1, 0.15) is 38.1 Å². The molecule has 0 spiro atoms. The number of carbonyl (C=O) groups is 1. The van der Waals surface area contributed by atoms with Crippen LogP contribution >= 0.6 is 0 Å². The third kappa shape index (κ3) is 4.88. The lowest BCUT2D eigenvalue weighted by atomic mass is 9.78. The normalized spacial score (nSPS) is 22.2. The van der Waals surface area contributed by atoms with Gasteiger partial charge in [0.15, 0.2) is 0 Å². The van der Waals surface area contributed by atoms with E-state index in [4.69, 9.17) is 9.31 Å². The van der Waals surface area contributed by atoms with E-state index in [2.05, 4.69) is 17.3 Å². The number of carbonyl (C=O) groups excluding carboxylic acids is 1. The fraction of sp³-hybridized carbons (Fsp3) is 0.611. The van der Waals surface area contributed by atoms with Crippen molar-refractivity contribution in [2.45, 2.75) is 38.9 Å². The summed E-state index contributed by atoms with van der Waals surface area (Å²) in [7, 11) is 1.41. The summed E-state index contributed by atoms with van der Waals surface area (Å²) in [5.41, 5.74) is -0.395. The Morgan fingerprint density at radius 2 is 1.72 bits per heavy atom. The molecule has 3 rings (SSSR count). The first-order chi connectivity index (χ1) is 11.7. The standard InChI is InChI=1S/C13H16BFO3.C5H12N2/c1-12(2)13(3,4)18-14(17-12)10-6-5-9(8-16)7-11(10)15;1-7-4-2-6-3-5-7/h5-8H,1-4H3;6H,2-5H2,1H3. The molecule has 2 saturated heterocycles. The SMILES string of the molecule is CC1(C)OB(c2ccc(C=O)cc2F)OC1(C)C.CN1CCNCC1. The summed E-state index contributed by atoms with van der Waals surface area (Å²) in [6.07, 6.45) is 0.608. The van der Waals surface area contributed by atoms with Crippen molar-refractivity contribution in [2.24, 2.45) is 0 Å². The Bertz CT molecular complexity index is 588. The number of halogens is 1. The van der Waals surface area contributed by atoms with Gasteiger partial charge in [-0.3, -0.25) is 4.79 Å². The van der Waals surface area contributed by atoms with Gasteiger partial charge in [-0.15, -0.1) is 0 Å². The Kier molecular flexibility index (Phi) is 6.38. The molecular formula is C18H28BFN2O3. The molecule has 1 aromatic rings. The number of hydrogen-bond acceptors (Lipinski definition) is 5. The predicted octanol–water partition coefficient (Wildman–Crippen LogP) is 1.46. The predicted molar refractivity (Wildman–Crippen MR) is 97.9 cm³/mol. The van der Waals surface area contributed by atoms with Crippen molar-refractivity contribution in [2.75, 3.05) is 33.2 Å². The highest BCUT2D eigenvalue weighted by Gasteiger charge is 2.52. The Balaban J connectivity index is 0.000000269. The summed E-state index contributed by atoms with van der Waals surface area (Å²) >= 11 is 0. The van der Waals surface area contributed by atoms with Gasteiger partial charge in [-0.2, -0.15) is 0 Å². The van der Waals surface area contributed by atoms with E-state index < -0.39 is 24.1 Å². The maximum atomic E-state index is 13.9. The molecule has 2 aliphatic heterocycles. The molecule has 1 N–H and O–H groups in total. The van der Waals surface area contributed by atoms with Gasteiger partial charge in [0.25, 0.3) is 0 Å². The van der Waals surface area contributed by atoms with Crippen LogP contribution in [0, 0.1) is 5.82 Å². The highest BCUT2D eigenvalue weighted by Crippen LogP contribution is 2.36. The second-order valence-corrected chi connectivity index (χ2v) is 7.54. The van der Waals surface area contributed by atoms with Gasteiger partial charge in [-0.1, -0.05) is 12.1 Å². The van der Waals surface area contributed by atoms with E-state index in [1.807, 2.05) is 27.7 Å². The lowest BCUT2D eigenvalue weighted by molar-refractivity contribution is 0.00578. The molecule has 0 radical (unpaired) electrons. The molecule has 0 amide bonds. The second kappa shape index (κ2) is 7.95. The van der Waals surface area contributed by atoms with E-state index in [1.54, 1.807) is 6.07 Å². The Hall–Kier alpha value is -1.28. The smallest absolute Gasteiger partial charge is 0.399 e. The third-order valence-corrected chi connectivity index (χ3v) is 5.01. The first-order valence-corrected chi connectivity index (χ1v) is 8.66. The Labute approximate surface area is 150 Å². The Morgan fingerprint density at radius 1 is 1.16 bits per heavy atom. The first kappa shape index (κ1) is 20.0. The van der Waals surface area contributed by atoms with Crippen molar-refractivity contribution < 1.29 is 18.5 Å². The maximum Gasteiger partial charge on any atom is 0.497 e. The summed E-state index contributed by atoms with van der Waals surface area (Å²) in [6.45, 7) is 12.4. The molecule has 2 heterocycles. The van der Waals surface area contributed by atoms with Crippen molar-refractivity contribution in [3.63, 3.8) is 0 Å². The van der Waals surface area contributed by atoms with E-state index in [0.29, 0.717) is 17.3 Å². The molecule has 0 atom stereocenters. The maximum absolute atomic E-state index is 13.9. The molecule has 0 aromatic heterocycles. The van der Waals surface area contributed by atoms with Crippen LogP contribution in [-0.4, -0.2) is 62.7 Å². The highest BCUT2D eigenvalue weighted by molar-refractivity contribution is 6.62. The van der Waals surface area contributed by atoms with Gasteiger partial charge in [0.05, 0.1) is 11.2 Å². The average Bonchev–Trinajstić information content (AvgIpc) is 2.76. The van der Waals surface area contributed by atoms with E-state index in [-0.39, 0.29) is 0 Å². The minimum atomic E-state index is -0.740. The van der Waals surface area contributed by atoms with E-state index in [1.165, 1.54) is 25.2 Å². The van der Waals surface area contributed by atoms with Crippen LogP contribution in [0.5, 0.6) is 0 Å². The van der Waals surface area contributed by atoms with Crippen LogP contribution in [0.15, 0.2) is 18.2 Å². The zero-order chi connectivity index (χ0) is 18.7. The first-order valence-electron chi connectivity index (χ1n) is 8.66. The molecule has 0 saturated carbocycles. The van der Waals surface area contributed by atoms with Gasteiger partial charge in [0.1, 0.15) is 12.1 Å². The fourth-order valence-electron chi connectivity index (χ4n) is 2.55. The van der Waals surface area contributed by atoms with Crippen LogP contribution in [0.3, 0.4) is 0 Å². The van der Waals surface area contributed by atoms with Gasteiger partial charge in [0.2, 0.25) is 0 Å². The monoisotopic (exact) mass is 350 g/mol. The van der Waals surface area contributed by atoms with Gasteiger partial charge in [-0.25, -0.2) is 4.39 Å². The highest BCUT2D eigenvalue weighted by atomic mass is 19.1. The zero-order valence-electron chi connectivity index (χ0n) is 15.8. The second-order valence-electron chi connectivity index (χ2n) is 7.54. The lowest BCUT2D eigenvalue weighted by Crippen LogP contribution is -2.41. The number of likely N-dealkylation sites (N-methyl/N-ethyl adjacent to an activating group) is 1. The molecule has 5 nitrogen and oxygen atoms in total. The molecule has 2 fully saturated rings. The largest absolute Gasteiger partial charge is 0.497 e. The quantitative estimate of drug-likeness (QED) is 0.647. The van der Waals surface area contributed by atoms with Gasteiger partial charge in [0, 0.05) is 37.2 Å². The van der Waals surface area contributed by atoms with Gasteiger partial charge >= 0.3 is 7.12 Å². The van der Waals surface area contributed by atoms with Gasteiger partial charge < -0.3 is 19.5 Å². The van der Waals surface area contributed by atoms with Gasteiger partial charge in [-0.05, 0) is 40.8 Å². The number of hydrogen-bond donors (Lipinski definition) is 1. The average molecular weight is 350 g/mol. The molecule has 25 heavy (non-hydrogen) atoms. The van der Waals surface area contributed by atoms with Crippen molar-refractivity contribution in [3.05, 3.63) is 29.6 Å². The minimum absolute atomic E-state index is 0.299. The van der Waals surface area contributed by atoms with Crippen LogP contribution in [-0.2, 0) is 9.31 Å². The molecule has 0 unspecified atom stereocenters. The van der Waals surface area contributed by atoms with E-state index >= 15 is 0 Å². The number of benzene rings is 1. The molecule has 0 aliphatic carbocycles. The van der Waals surface area contributed by atoms with Crippen LogP contribution in [0.2, 0.25) is 0 Å². The number of nitrogens with zero attached hydrogens (tertiary/aromatic N) is 1. The summed E-state index contributed by atoms with van der Waals surface area (Å²) in [5.74, 6) is -0.488. The number of aldehydes is 1. The molecule has 138 valence electrons. The molecule has 1 aromatic carbocycles. The molecule has 0 bridgehead atoms. The molecule has 7 heteroatoms. The van der Waals surface area contributed by atoms with Crippen molar-refractivity contribution in [1.29, 1.82) is 0 Å². The van der Waals surface area contributed by atoms with Crippen molar-refractivity contribution in [1.82, 2.24) is 10.2 Å². The van der Waals surface area contributed by atoms with Crippen LogP contribution in [0.4, 0.5) is 4.39 Å². The topological polar surface area (TPSA) is 50.8 Å². The molecular weight excluding hydrogens is 322 g/mol. The van der Waals surface area contributed by atoms with Crippen molar-refractivity contribution >= 4 is 18.9 Å². The van der Waals surface area contributed by atoms with Crippen LogP contribution < -0.4 is 10.8 Å².